The molecule has 0 radical (unpaired) electrons. The molecule has 1 aliphatic carbocycles. The Morgan fingerprint density at radius 2 is 1.88 bits per heavy atom. The fourth-order valence-electron chi connectivity index (χ4n) is 2.70. The summed E-state index contributed by atoms with van der Waals surface area (Å²) in [6.07, 6.45) is 0.802. The summed E-state index contributed by atoms with van der Waals surface area (Å²) in [6.45, 7) is 0.111. The highest BCUT2D eigenvalue weighted by Gasteiger charge is 2.40. The van der Waals surface area contributed by atoms with E-state index >= 15 is 0 Å². The SMILES string of the molecule is CN=C(NCc1cc(F)ccc1F)NC1CC1c1ccccc1F.I. The summed E-state index contributed by atoms with van der Waals surface area (Å²) in [6, 6.07) is 10.1. The average molecular weight is 461 g/mol. The lowest BCUT2D eigenvalue weighted by Gasteiger charge is -2.12. The van der Waals surface area contributed by atoms with Crippen molar-refractivity contribution in [3.63, 3.8) is 0 Å². The Morgan fingerprint density at radius 3 is 2.60 bits per heavy atom. The highest BCUT2D eigenvalue weighted by molar-refractivity contribution is 14.0. The molecule has 25 heavy (non-hydrogen) atoms. The Balaban J connectivity index is 0.00000225. The number of nitrogens with zero attached hydrogens (tertiary/aromatic N) is 1. The summed E-state index contributed by atoms with van der Waals surface area (Å²) in [5.74, 6) is -0.609. The zero-order valence-corrected chi connectivity index (χ0v) is 15.9. The zero-order valence-electron chi connectivity index (χ0n) is 13.6. The molecule has 2 atom stereocenters. The van der Waals surface area contributed by atoms with E-state index < -0.39 is 11.6 Å². The minimum atomic E-state index is -0.488. The maximum atomic E-state index is 13.8. The van der Waals surface area contributed by atoms with Gasteiger partial charge in [-0.2, -0.15) is 0 Å². The van der Waals surface area contributed by atoms with Crippen molar-refractivity contribution in [3.05, 3.63) is 71.0 Å². The van der Waals surface area contributed by atoms with Gasteiger partial charge in [0.15, 0.2) is 5.96 Å². The number of nitrogens with one attached hydrogen (secondary N) is 2. The molecular formula is C18H19F3IN3. The summed E-state index contributed by atoms with van der Waals surface area (Å²) in [5.41, 5.74) is 0.904. The molecule has 3 nitrogen and oxygen atoms in total. The second-order valence-electron chi connectivity index (χ2n) is 5.78. The lowest BCUT2D eigenvalue weighted by molar-refractivity contribution is 0.581. The van der Waals surface area contributed by atoms with E-state index in [2.05, 4.69) is 15.6 Å². The first kappa shape index (κ1) is 19.6. The lowest BCUT2D eigenvalue weighted by atomic mass is 10.1. The molecule has 2 unspecified atom stereocenters. The smallest absolute Gasteiger partial charge is 0.191 e. The van der Waals surface area contributed by atoms with Crippen molar-refractivity contribution in [1.82, 2.24) is 10.6 Å². The van der Waals surface area contributed by atoms with E-state index in [0.717, 1.165) is 24.6 Å². The first-order valence-corrected chi connectivity index (χ1v) is 7.74. The molecule has 134 valence electrons. The van der Waals surface area contributed by atoms with Crippen LogP contribution < -0.4 is 10.6 Å². The van der Waals surface area contributed by atoms with Gasteiger partial charge >= 0.3 is 0 Å². The first-order valence-electron chi connectivity index (χ1n) is 7.74. The van der Waals surface area contributed by atoms with Gasteiger partial charge in [0.05, 0.1) is 0 Å². The van der Waals surface area contributed by atoms with E-state index in [0.29, 0.717) is 11.5 Å². The van der Waals surface area contributed by atoms with Gasteiger partial charge in [0.2, 0.25) is 0 Å². The zero-order chi connectivity index (χ0) is 17.1. The average Bonchev–Trinajstić information content (AvgIpc) is 3.33. The van der Waals surface area contributed by atoms with Crippen LogP contribution in [0.2, 0.25) is 0 Å². The molecule has 1 aliphatic rings. The number of guanidine groups is 1. The van der Waals surface area contributed by atoms with Crippen LogP contribution in [0.1, 0.15) is 23.5 Å². The van der Waals surface area contributed by atoms with Crippen LogP contribution in [0.5, 0.6) is 0 Å². The van der Waals surface area contributed by atoms with Gasteiger partial charge in [-0.25, -0.2) is 13.2 Å². The molecule has 0 heterocycles. The van der Waals surface area contributed by atoms with Crippen LogP contribution in [0.25, 0.3) is 0 Å². The predicted octanol–water partition coefficient (Wildman–Crippen LogP) is 3.94. The monoisotopic (exact) mass is 461 g/mol. The van der Waals surface area contributed by atoms with Crippen molar-refractivity contribution >= 4 is 29.9 Å². The molecule has 2 aromatic rings. The third-order valence-electron chi connectivity index (χ3n) is 4.09. The van der Waals surface area contributed by atoms with Crippen LogP contribution >= 0.6 is 24.0 Å². The molecular weight excluding hydrogens is 442 g/mol. The van der Waals surface area contributed by atoms with Gasteiger partial charge in [-0.3, -0.25) is 4.99 Å². The first-order chi connectivity index (χ1) is 11.6. The summed E-state index contributed by atoms with van der Waals surface area (Å²) in [5, 5.41) is 6.13. The van der Waals surface area contributed by atoms with E-state index in [1.165, 1.54) is 6.07 Å². The van der Waals surface area contributed by atoms with Gasteiger partial charge in [-0.15, -0.1) is 24.0 Å². The molecule has 3 rings (SSSR count). The van der Waals surface area contributed by atoms with E-state index in [4.69, 9.17) is 0 Å². The second kappa shape index (κ2) is 8.55. The largest absolute Gasteiger partial charge is 0.353 e. The fraction of sp³-hybridized carbons (Fsp3) is 0.278. The van der Waals surface area contributed by atoms with Gasteiger partial charge in [0.25, 0.3) is 0 Å². The van der Waals surface area contributed by atoms with Gasteiger partial charge in [-0.1, -0.05) is 18.2 Å². The summed E-state index contributed by atoms with van der Waals surface area (Å²) < 4.78 is 40.6. The van der Waals surface area contributed by atoms with Crippen LogP contribution in [0.3, 0.4) is 0 Å². The minimum Gasteiger partial charge on any atom is -0.353 e. The number of hydrogen-bond acceptors (Lipinski definition) is 1. The second-order valence-corrected chi connectivity index (χ2v) is 5.78. The Hall–Kier alpha value is -1.77. The van der Waals surface area contributed by atoms with Crippen molar-refractivity contribution in [1.29, 1.82) is 0 Å². The van der Waals surface area contributed by atoms with Crippen LogP contribution in [0, 0.1) is 17.5 Å². The molecule has 0 spiro atoms. The third-order valence-corrected chi connectivity index (χ3v) is 4.09. The van der Waals surface area contributed by atoms with E-state index in [-0.39, 0.29) is 53.9 Å². The fourth-order valence-corrected chi connectivity index (χ4v) is 2.70. The minimum absolute atomic E-state index is 0. The van der Waals surface area contributed by atoms with Crippen LogP contribution in [-0.4, -0.2) is 19.0 Å². The number of halogens is 4. The van der Waals surface area contributed by atoms with Gasteiger partial charge in [0, 0.05) is 31.1 Å². The van der Waals surface area contributed by atoms with Crippen LogP contribution in [-0.2, 0) is 6.54 Å². The predicted molar refractivity (Wildman–Crippen MR) is 103 cm³/mol. The Bertz CT molecular complexity index is 767. The van der Waals surface area contributed by atoms with Crippen LogP contribution in [0.15, 0.2) is 47.5 Å². The van der Waals surface area contributed by atoms with Crippen molar-refractivity contribution in [2.24, 2.45) is 4.99 Å². The topological polar surface area (TPSA) is 36.4 Å². The van der Waals surface area contributed by atoms with Crippen LogP contribution in [0.4, 0.5) is 13.2 Å². The van der Waals surface area contributed by atoms with Gasteiger partial charge < -0.3 is 10.6 Å². The molecule has 0 aromatic heterocycles. The summed E-state index contributed by atoms with van der Waals surface area (Å²) in [7, 11) is 1.59. The standard InChI is InChI=1S/C18H18F3N3.HI/c1-22-18(23-10-11-8-12(19)6-7-15(11)20)24-17-9-14(17)13-4-2-3-5-16(13)21;/h2-8,14,17H,9-10H2,1H3,(H2,22,23,24);1H. The van der Waals surface area contributed by atoms with Gasteiger partial charge in [-0.05, 0) is 36.2 Å². The molecule has 7 heteroatoms. The number of hydrogen-bond donors (Lipinski definition) is 2. The number of rotatable bonds is 4. The Kier molecular flexibility index (Phi) is 6.69. The van der Waals surface area contributed by atoms with Gasteiger partial charge in [0.1, 0.15) is 17.5 Å². The Labute approximate surface area is 161 Å². The number of aliphatic imine (C=N–C) groups is 1. The third kappa shape index (κ3) is 4.87. The van der Waals surface area contributed by atoms with E-state index in [9.17, 15) is 13.2 Å². The molecule has 0 aliphatic heterocycles. The molecule has 0 amide bonds. The quantitative estimate of drug-likeness (QED) is 0.411. The van der Waals surface area contributed by atoms with Crippen molar-refractivity contribution in [2.45, 2.75) is 24.9 Å². The maximum Gasteiger partial charge on any atom is 0.191 e. The lowest BCUT2D eigenvalue weighted by Crippen LogP contribution is -2.38. The summed E-state index contributed by atoms with van der Waals surface area (Å²) >= 11 is 0. The highest BCUT2D eigenvalue weighted by Crippen LogP contribution is 2.41. The molecule has 0 saturated heterocycles. The highest BCUT2D eigenvalue weighted by atomic mass is 127. The Morgan fingerprint density at radius 1 is 1.12 bits per heavy atom. The molecule has 2 aromatic carbocycles. The van der Waals surface area contributed by atoms with Crippen molar-refractivity contribution in [2.75, 3.05) is 7.05 Å². The molecule has 0 bridgehead atoms. The number of benzene rings is 2. The summed E-state index contributed by atoms with van der Waals surface area (Å²) in [4.78, 5) is 4.07. The maximum absolute atomic E-state index is 13.8. The molecule has 2 N–H and O–H groups in total. The van der Waals surface area contributed by atoms with Crippen molar-refractivity contribution in [3.8, 4) is 0 Å². The van der Waals surface area contributed by atoms with E-state index in [1.807, 2.05) is 6.07 Å². The van der Waals surface area contributed by atoms with E-state index in [1.54, 1.807) is 19.2 Å². The normalized spacial score (nSPS) is 19.1. The van der Waals surface area contributed by atoms with Crippen molar-refractivity contribution < 1.29 is 13.2 Å². The molecule has 1 fully saturated rings. The molecule has 1 saturated carbocycles.